The van der Waals surface area contributed by atoms with Crippen LogP contribution in [0.25, 0.3) is 10.2 Å². The fourth-order valence-corrected chi connectivity index (χ4v) is 5.18. The molecule has 2 N–H and O–H groups in total. The summed E-state index contributed by atoms with van der Waals surface area (Å²) in [5.41, 5.74) is -0.792. The zero-order valence-electron chi connectivity index (χ0n) is 24.3. The molecule has 1 amide bonds. The van der Waals surface area contributed by atoms with Crippen LogP contribution in [0.4, 0.5) is 23.8 Å². The SMILES string of the molecule is CCCc1cc2c(N3CCN(C(=N)C(F)(F)F)C(=N)C3)nc(OCCN(CC(=O)OCC)C(=O)OC(C)(C)C)nc2s1. The molecule has 1 aliphatic rings. The maximum absolute atomic E-state index is 13.1. The van der Waals surface area contributed by atoms with Gasteiger partial charge in [0.15, 0.2) is 0 Å². The number of aryl methyl sites for hydroxylation is 1. The molecule has 0 saturated carbocycles. The van der Waals surface area contributed by atoms with Crippen molar-refractivity contribution in [2.24, 2.45) is 0 Å². The first kappa shape index (κ1) is 32.8. The highest BCUT2D eigenvalue weighted by Gasteiger charge is 2.41. The number of rotatable bonds is 10. The lowest BCUT2D eigenvalue weighted by atomic mass is 10.2. The quantitative estimate of drug-likeness (QED) is 0.225. The lowest BCUT2D eigenvalue weighted by molar-refractivity contribution is -0.144. The molecule has 12 nitrogen and oxygen atoms in total. The molecule has 0 aliphatic carbocycles. The van der Waals surface area contributed by atoms with E-state index in [1.54, 1.807) is 32.6 Å². The summed E-state index contributed by atoms with van der Waals surface area (Å²) in [4.78, 5) is 38.9. The van der Waals surface area contributed by atoms with Gasteiger partial charge in [-0.1, -0.05) is 13.3 Å². The van der Waals surface area contributed by atoms with Gasteiger partial charge in [0.1, 0.15) is 35.2 Å². The van der Waals surface area contributed by atoms with E-state index in [1.165, 1.54) is 11.3 Å². The summed E-state index contributed by atoms with van der Waals surface area (Å²) in [5.74, 6) is -2.17. The number of piperazine rings is 1. The Kier molecular flexibility index (Phi) is 10.6. The van der Waals surface area contributed by atoms with Crippen molar-refractivity contribution in [2.45, 2.75) is 59.2 Å². The Bertz CT molecular complexity index is 1310. The van der Waals surface area contributed by atoms with Gasteiger partial charge in [-0.2, -0.15) is 23.1 Å². The number of nitrogens with one attached hydrogen (secondary N) is 2. The first-order valence-electron chi connectivity index (χ1n) is 13.4. The third kappa shape index (κ3) is 8.66. The molecule has 1 fully saturated rings. The van der Waals surface area contributed by atoms with E-state index in [2.05, 4.69) is 9.97 Å². The number of aromatic nitrogens is 2. The minimum atomic E-state index is -4.86. The van der Waals surface area contributed by atoms with Crippen molar-refractivity contribution in [3.05, 3.63) is 10.9 Å². The van der Waals surface area contributed by atoms with E-state index in [-0.39, 0.29) is 57.8 Å². The summed E-state index contributed by atoms with van der Waals surface area (Å²) in [6.45, 7) is 8.13. The summed E-state index contributed by atoms with van der Waals surface area (Å²) in [6.07, 6.45) is -3.90. The van der Waals surface area contributed by atoms with E-state index in [4.69, 9.17) is 25.0 Å². The first-order valence-corrected chi connectivity index (χ1v) is 14.3. The van der Waals surface area contributed by atoms with Crippen LogP contribution in [0, 0.1) is 10.8 Å². The smallest absolute Gasteiger partial charge is 0.449 e. The molecule has 3 rings (SSSR count). The van der Waals surface area contributed by atoms with Crippen molar-refractivity contribution in [1.82, 2.24) is 19.8 Å². The molecule has 3 heterocycles. The average Bonchev–Trinajstić information content (AvgIpc) is 3.28. The number of halogens is 3. The molecule has 0 bridgehead atoms. The summed E-state index contributed by atoms with van der Waals surface area (Å²) < 4.78 is 55.5. The maximum atomic E-state index is 13.1. The number of carbonyl (C=O) groups excluding carboxylic acids is 2. The number of hydrogen-bond donors (Lipinski definition) is 2. The van der Waals surface area contributed by atoms with E-state index >= 15 is 0 Å². The lowest BCUT2D eigenvalue weighted by Crippen LogP contribution is -2.55. The number of thiophene rings is 1. The maximum Gasteiger partial charge on any atom is 0.449 e. The molecule has 42 heavy (non-hydrogen) atoms. The summed E-state index contributed by atoms with van der Waals surface area (Å²) in [5, 5.41) is 16.3. The van der Waals surface area contributed by atoms with Gasteiger partial charge in [-0.25, -0.2) is 4.79 Å². The zero-order valence-corrected chi connectivity index (χ0v) is 25.1. The van der Waals surface area contributed by atoms with Gasteiger partial charge in [-0.3, -0.25) is 20.5 Å². The normalized spacial score (nSPS) is 14.2. The average molecular weight is 616 g/mol. The number of amides is 1. The second-order valence-corrected chi connectivity index (χ2v) is 11.5. The molecule has 0 atom stereocenters. The Morgan fingerprint density at radius 3 is 2.48 bits per heavy atom. The molecule has 0 unspecified atom stereocenters. The van der Waals surface area contributed by atoms with E-state index in [9.17, 15) is 22.8 Å². The summed E-state index contributed by atoms with van der Waals surface area (Å²) in [6, 6.07) is 1.90. The molecule has 2 aromatic rings. The van der Waals surface area contributed by atoms with Crippen LogP contribution in [0.1, 0.15) is 45.9 Å². The lowest BCUT2D eigenvalue weighted by Gasteiger charge is -2.37. The predicted octanol–water partition coefficient (Wildman–Crippen LogP) is 4.46. The van der Waals surface area contributed by atoms with Gasteiger partial charge in [-0.15, -0.1) is 11.3 Å². The monoisotopic (exact) mass is 615 g/mol. The molecule has 2 aromatic heterocycles. The van der Waals surface area contributed by atoms with Crippen LogP contribution in [-0.4, -0.2) is 101 Å². The Hall–Kier alpha value is -3.69. The molecule has 232 valence electrons. The number of alkyl halides is 3. The van der Waals surface area contributed by atoms with Gasteiger partial charge in [0.2, 0.25) is 5.84 Å². The highest BCUT2D eigenvalue weighted by molar-refractivity contribution is 7.18. The van der Waals surface area contributed by atoms with E-state index in [0.29, 0.717) is 20.9 Å². The highest BCUT2D eigenvalue weighted by Crippen LogP contribution is 2.34. The van der Waals surface area contributed by atoms with E-state index in [0.717, 1.165) is 22.6 Å². The van der Waals surface area contributed by atoms with Gasteiger partial charge in [0, 0.05) is 18.0 Å². The third-order valence-electron chi connectivity index (χ3n) is 5.87. The number of esters is 1. The molecule has 16 heteroatoms. The fraction of sp³-hybridized carbons (Fsp3) is 0.615. The second-order valence-electron chi connectivity index (χ2n) is 10.4. The zero-order chi connectivity index (χ0) is 31.2. The minimum absolute atomic E-state index is 0.0281. The van der Waals surface area contributed by atoms with Crippen molar-refractivity contribution in [1.29, 1.82) is 10.8 Å². The van der Waals surface area contributed by atoms with Crippen LogP contribution < -0.4 is 9.64 Å². The molecular weight excluding hydrogens is 579 g/mol. The van der Waals surface area contributed by atoms with Crippen LogP contribution in [0.5, 0.6) is 6.01 Å². The van der Waals surface area contributed by atoms with Crippen LogP contribution in [-0.2, 0) is 20.7 Å². The van der Waals surface area contributed by atoms with Crippen molar-refractivity contribution in [3.8, 4) is 6.01 Å². The number of amidine groups is 2. The Balaban J connectivity index is 1.82. The number of anilines is 1. The third-order valence-corrected chi connectivity index (χ3v) is 6.96. The number of hydrogen-bond acceptors (Lipinski definition) is 11. The van der Waals surface area contributed by atoms with Crippen LogP contribution in [0.2, 0.25) is 0 Å². The molecule has 0 radical (unpaired) electrons. The number of nitrogens with zero attached hydrogens (tertiary/aromatic N) is 5. The van der Waals surface area contributed by atoms with Crippen LogP contribution >= 0.6 is 11.3 Å². The molecular formula is C26H36F3N7O5S. The predicted molar refractivity (Wildman–Crippen MR) is 152 cm³/mol. The Morgan fingerprint density at radius 2 is 1.88 bits per heavy atom. The molecule has 0 aromatic carbocycles. The van der Waals surface area contributed by atoms with Crippen molar-refractivity contribution < 1.29 is 37.0 Å². The first-order chi connectivity index (χ1) is 19.6. The minimum Gasteiger partial charge on any atom is -0.465 e. The van der Waals surface area contributed by atoms with Crippen molar-refractivity contribution >= 4 is 51.1 Å². The van der Waals surface area contributed by atoms with E-state index in [1.807, 2.05) is 13.0 Å². The van der Waals surface area contributed by atoms with Gasteiger partial charge in [0.25, 0.3) is 0 Å². The summed E-state index contributed by atoms with van der Waals surface area (Å²) >= 11 is 1.44. The van der Waals surface area contributed by atoms with Crippen LogP contribution in [0.3, 0.4) is 0 Å². The summed E-state index contributed by atoms with van der Waals surface area (Å²) in [7, 11) is 0. The van der Waals surface area contributed by atoms with Crippen molar-refractivity contribution in [3.63, 3.8) is 0 Å². The number of fused-ring (bicyclic) bond motifs is 1. The van der Waals surface area contributed by atoms with Gasteiger partial charge >= 0.3 is 24.2 Å². The Morgan fingerprint density at radius 1 is 1.17 bits per heavy atom. The molecule has 1 saturated heterocycles. The molecule has 0 spiro atoms. The highest BCUT2D eigenvalue weighted by atomic mass is 32.1. The second kappa shape index (κ2) is 13.5. The fourth-order valence-electron chi connectivity index (χ4n) is 4.06. The molecule has 1 aliphatic heterocycles. The standard InChI is InChI=1S/C26H36F3N7O5S/c1-6-8-16-13-17-20(34-9-10-36(18(30)14-34)22(31)26(27,28)29)32-23(33-21(17)42-16)40-12-11-35(15-19(37)39-7-2)24(38)41-25(3,4)5/h13,30-31H,6-12,14-15H2,1-5H3. The Labute approximate surface area is 245 Å². The van der Waals surface area contributed by atoms with Gasteiger partial charge in [0.05, 0.1) is 25.1 Å². The topological polar surface area (TPSA) is 145 Å². The number of carbonyl (C=O) groups is 2. The van der Waals surface area contributed by atoms with E-state index < -0.39 is 29.7 Å². The van der Waals surface area contributed by atoms with Gasteiger partial charge < -0.3 is 24.0 Å². The van der Waals surface area contributed by atoms with Crippen molar-refractivity contribution in [2.75, 3.05) is 50.8 Å². The van der Waals surface area contributed by atoms with Crippen LogP contribution in [0.15, 0.2) is 6.07 Å². The van der Waals surface area contributed by atoms with Gasteiger partial charge in [-0.05, 0) is 40.2 Å². The largest absolute Gasteiger partial charge is 0.465 e. The number of ether oxygens (including phenoxy) is 3.